The number of pyridine rings is 1. The van der Waals surface area contributed by atoms with Crippen molar-refractivity contribution < 1.29 is 4.79 Å². The Balaban J connectivity index is 2.23. The molecular weight excluding hydrogens is 212 g/mol. The van der Waals surface area contributed by atoms with E-state index in [-0.39, 0.29) is 5.91 Å². The number of carbonyl (C=O) groups excluding carboxylic acids is 1. The van der Waals surface area contributed by atoms with E-state index < -0.39 is 0 Å². The van der Waals surface area contributed by atoms with Gasteiger partial charge in [-0.15, -0.1) is 0 Å². The summed E-state index contributed by atoms with van der Waals surface area (Å²) in [6.45, 7) is 4.88. The van der Waals surface area contributed by atoms with Crippen LogP contribution in [-0.2, 0) is 6.54 Å². The number of rotatable bonds is 1. The first kappa shape index (κ1) is 10.3. The van der Waals surface area contributed by atoms with Gasteiger partial charge in [-0.3, -0.25) is 9.78 Å². The summed E-state index contributed by atoms with van der Waals surface area (Å²) in [7, 11) is 0. The monoisotopic (exact) mass is 226 g/mol. The Hall–Kier alpha value is -1.90. The van der Waals surface area contributed by atoms with Crippen LogP contribution in [0.1, 0.15) is 41.4 Å². The molecule has 1 aromatic heterocycles. The van der Waals surface area contributed by atoms with Gasteiger partial charge in [0.1, 0.15) is 0 Å². The van der Waals surface area contributed by atoms with Crippen LogP contribution in [0.4, 0.5) is 0 Å². The van der Waals surface area contributed by atoms with Crippen molar-refractivity contribution in [3.05, 3.63) is 41.1 Å². The summed E-state index contributed by atoms with van der Waals surface area (Å²) in [6, 6.07) is 8.20. The van der Waals surface area contributed by atoms with Gasteiger partial charge in [-0.25, -0.2) is 0 Å². The molecule has 1 aromatic carbocycles. The van der Waals surface area contributed by atoms with Gasteiger partial charge in [0.2, 0.25) is 0 Å². The Bertz CT molecular complexity index is 617. The minimum absolute atomic E-state index is 0.0117. The lowest BCUT2D eigenvalue weighted by Gasteiger charge is -2.07. The maximum atomic E-state index is 11.5. The summed E-state index contributed by atoms with van der Waals surface area (Å²) in [4.78, 5) is 16.1. The van der Waals surface area contributed by atoms with Crippen LogP contribution in [0.15, 0.2) is 24.3 Å². The third kappa shape index (κ3) is 1.58. The topological polar surface area (TPSA) is 42.0 Å². The number of carbonyl (C=O) groups is 1. The van der Waals surface area contributed by atoms with Crippen LogP contribution >= 0.6 is 0 Å². The second-order valence-electron chi connectivity index (χ2n) is 4.77. The average Bonchev–Trinajstić information content (AvgIpc) is 2.67. The van der Waals surface area contributed by atoms with Gasteiger partial charge in [0, 0.05) is 5.39 Å². The summed E-state index contributed by atoms with van der Waals surface area (Å²) in [5.74, 6) is 0.483. The van der Waals surface area contributed by atoms with Crippen molar-refractivity contribution in [3.8, 4) is 0 Å². The lowest BCUT2D eigenvalue weighted by molar-refractivity contribution is 0.0966. The highest BCUT2D eigenvalue weighted by molar-refractivity contribution is 6.00. The zero-order valence-electron chi connectivity index (χ0n) is 9.95. The molecule has 0 saturated heterocycles. The second kappa shape index (κ2) is 3.55. The fraction of sp³-hybridized carbons (Fsp3) is 0.286. The molecule has 2 aromatic rings. The van der Waals surface area contributed by atoms with Crippen LogP contribution < -0.4 is 5.32 Å². The third-order valence-corrected chi connectivity index (χ3v) is 3.25. The molecule has 2 heterocycles. The molecule has 0 radical (unpaired) electrons. The van der Waals surface area contributed by atoms with Crippen molar-refractivity contribution in [2.45, 2.75) is 26.3 Å². The highest BCUT2D eigenvalue weighted by atomic mass is 16.1. The summed E-state index contributed by atoms with van der Waals surface area (Å²) in [5, 5.41) is 3.83. The predicted octanol–water partition coefficient (Wildman–Crippen LogP) is 2.60. The zero-order valence-corrected chi connectivity index (χ0v) is 9.95. The molecule has 1 N–H and O–H groups in total. The van der Waals surface area contributed by atoms with Crippen molar-refractivity contribution in [1.82, 2.24) is 10.3 Å². The Labute approximate surface area is 99.9 Å². The summed E-state index contributed by atoms with van der Waals surface area (Å²) >= 11 is 0. The molecule has 17 heavy (non-hydrogen) atoms. The number of benzene rings is 1. The first-order valence-corrected chi connectivity index (χ1v) is 5.87. The molecule has 0 atom stereocenters. The van der Waals surface area contributed by atoms with E-state index in [1.54, 1.807) is 0 Å². The van der Waals surface area contributed by atoms with Crippen molar-refractivity contribution in [1.29, 1.82) is 0 Å². The fourth-order valence-electron chi connectivity index (χ4n) is 2.17. The van der Waals surface area contributed by atoms with Gasteiger partial charge in [-0.2, -0.15) is 0 Å². The lowest BCUT2D eigenvalue weighted by atomic mass is 10.0. The molecule has 0 fully saturated rings. The smallest absolute Gasteiger partial charge is 0.253 e. The van der Waals surface area contributed by atoms with Gasteiger partial charge in [0.25, 0.3) is 5.91 Å². The number of hydrogen-bond acceptors (Lipinski definition) is 2. The van der Waals surface area contributed by atoms with Crippen LogP contribution in [0.2, 0.25) is 0 Å². The highest BCUT2D eigenvalue weighted by Crippen LogP contribution is 2.24. The lowest BCUT2D eigenvalue weighted by Crippen LogP contribution is -2.12. The maximum absolute atomic E-state index is 11.5. The van der Waals surface area contributed by atoms with Crippen molar-refractivity contribution >= 4 is 16.8 Å². The molecule has 3 nitrogen and oxygen atoms in total. The Kier molecular flexibility index (Phi) is 2.15. The maximum Gasteiger partial charge on any atom is 0.253 e. The molecule has 0 aliphatic carbocycles. The van der Waals surface area contributed by atoms with Crippen molar-refractivity contribution in [3.63, 3.8) is 0 Å². The fourth-order valence-corrected chi connectivity index (χ4v) is 2.17. The first-order chi connectivity index (χ1) is 8.15. The number of nitrogens with one attached hydrogen (secondary N) is 1. The molecule has 0 unspecified atom stereocenters. The van der Waals surface area contributed by atoms with Gasteiger partial charge in [-0.05, 0) is 23.6 Å². The van der Waals surface area contributed by atoms with Crippen LogP contribution in [-0.4, -0.2) is 10.9 Å². The van der Waals surface area contributed by atoms with E-state index >= 15 is 0 Å². The number of amides is 1. The van der Waals surface area contributed by atoms with E-state index in [9.17, 15) is 4.79 Å². The van der Waals surface area contributed by atoms with Gasteiger partial charge in [0.05, 0.1) is 23.3 Å². The van der Waals surface area contributed by atoms with E-state index in [1.165, 1.54) is 5.56 Å². The number of aromatic nitrogens is 1. The third-order valence-electron chi connectivity index (χ3n) is 3.25. The van der Waals surface area contributed by atoms with E-state index in [0.717, 1.165) is 22.2 Å². The summed E-state index contributed by atoms with van der Waals surface area (Å²) < 4.78 is 0. The predicted molar refractivity (Wildman–Crippen MR) is 67.0 cm³/mol. The van der Waals surface area contributed by atoms with Crippen molar-refractivity contribution in [2.75, 3.05) is 0 Å². The molecule has 0 saturated carbocycles. The largest absolute Gasteiger partial charge is 0.346 e. The van der Waals surface area contributed by atoms with Gasteiger partial charge < -0.3 is 5.32 Å². The van der Waals surface area contributed by atoms with Gasteiger partial charge >= 0.3 is 0 Å². The second-order valence-corrected chi connectivity index (χ2v) is 4.77. The van der Waals surface area contributed by atoms with E-state index in [1.807, 2.05) is 12.1 Å². The van der Waals surface area contributed by atoms with Crippen LogP contribution in [0.5, 0.6) is 0 Å². The van der Waals surface area contributed by atoms with E-state index in [2.05, 4.69) is 36.3 Å². The Morgan fingerprint density at radius 3 is 2.88 bits per heavy atom. The molecule has 1 amide bonds. The van der Waals surface area contributed by atoms with E-state index in [0.29, 0.717) is 12.5 Å². The minimum atomic E-state index is -0.0117. The minimum Gasteiger partial charge on any atom is -0.346 e. The molecule has 0 bridgehead atoms. The van der Waals surface area contributed by atoms with Crippen LogP contribution in [0, 0.1) is 0 Å². The standard InChI is InChI=1S/C14H14N2O/c1-8(2)9-3-4-10-5-11-13(7-15-14(11)17)16-12(10)6-9/h3-6,8H,7H2,1-2H3,(H,15,17). The normalized spacial score (nSPS) is 14.2. The SMILES string of the molecule is CC(C)c1ccc2cc3c(nc2c1)CNC3=O. The van der Waals surface area contributed by atoms with Crippen molar-refractivity contribution in [2.24, 2.45) is 0 Å². The number of nitrogens with zero attached hydrogens (tertiary/aromatic N) is 1. The highest BCUT2D eigenvalue weighted by Gasteiger charge is 2.20. The first-order valence-electron chi connectivity index (χ1n) is 5.87. The van der Waals surface area contributed by atoms with E-state index in [4.69, 9.17) is 0 Å². The Morgan fingerprint density at radius 1 is 1.29 bits per heavy atom. The average molecular weight is 226 g/mol. The Morgan fingerprint density at radius 2 is 2.12 bits per heavy atom. The van der Waals surface area contributed by atoms with Gasteiger partial charge in [0.15, 0.2) is 0 Å². The number of hydrogen-bond donors (Lipinski definition) is 1. The molecule has 1 aliphatic rings. The van der Waals surface area contributed by atoms with Gasteiger partial charge in [-0.1, -0.05) is 26.0 Å². The van der Waals surface area contributed by atoms with Crippen LogP contribution in [0.25, 0.3) is 10.9 Å². The molecule has 1 aliphatic heterocycles. The summed E-state index contributed by atoms with van der Waals surface area (Å²) in [6.07, 6.45) is 0. The molecular formula is C14H14N2O. The zero-order chi connectivity index (χ0) is 12.0. The van der Waals surface area contributed by atoms with Crippen LogP contribution in [0.3, 0.4) is 0 Å². The molecule has 3 rings (SSSR count). The molecule has 3 heteroatoms. The quantitative estimate of drug-likeness (QED) is 0.812. The molecule has 0 spiro atoms. The number of fused-ring (bicyclic) bond motifs is 2. The summed E-state index contributed by atoms with van der Waals surface area (Å²) in [5.41, 5.74) is 3.84. The molecule has 86 valence electrons.